The van der Waals surface area contributed by atoms with Crippen molar-refractivity contribution >= 4 is 16.7 Å². The van der Waals surface area contributed by atoms with Gasteiger partial charge >= 0.3 is 0 Å². The summed E-state index contributed by atoms with van der Waals surface area (Å²) in [6.07, 6.45) is 7.47. The number of benzene rings is 1. The van der Waals surface area contributed by atoms with Crippen LogP contribution in [0.2, 0.25) is 0 Å². The molecular formula is C22H26N6O. The van der Waals surface area contributed by atoms with Crippen molar-refractivity contribution < 1.29 is 4.74 Å². The van der Waals surface area contributed by atoms with E-state index in [1.807, 2.05) is 18.2 Å². The van der Waals surface area contributed by atoms with Crippen LogP contribution in [0.1, 0.15) is 24.5 Å². The lowest BCUT2D eigenvalue weighted by Crippen LogP contribution is -2.52. The van der Waals surface area contributed by atoms with E-state index in [-0.39, 0.29) is 0 Å². The number of H-pyrrole nitrogens is 1. The minimum atomic E-state index is 0.360. The first-order valence-electron chi connectivity index (χ1n) is 10.0. The molecule has 0 aliphatic carbocycles. The maximum absolute atomic E-state index is 9.15. The third-order valence-corrected chi connectivity index (χ3v) is 5.68. The lowest BCUT2D eigenvalue weighted by molar-refractivity contribution is 0.225. The second-order valence-corrected chi connectivity index (χ2v) is 7.55. The minimum Gasteiger partial charge on any atom is -0.491 e. The second-order valence-electron chi connectivity index (χ2n) is 7.55. The first-order valence-corrected chi connectivity index (χ1v) is 10.0. The molecular weight excluding hydrogens is 364 g/mol. The molecule has 4 rings (SSSR count). The lowest BCUT2D eigenvalue weighted by atomic mass is 10.1. The number of nitriles is 1. The van der Waals surface area contributed by atoms with E-state index in [0.717, 1.165) is 61.5 Å². The summed E-state index contributed by atoms with van der Waals surface area (Å²) in [5.74, 6) is 1.60. The Balaban J connectivity index is 1.34. The van der Waals surface area contributed by atoms with Crippen molar-refractivity contribution in [3.8, 4) is 11.8 Å². The van der Waals surface area contributed by atoms with Gasteiger partial charge in [0.25, 0.3) is 0 Å². The number of methoxy groups -OCH3 is 1. The van der Waals surface area contributed by atoms with Gasteiger partial charge in [-0.25, -0.2) is 9.97 Å². The van der Waals surface area contributed by atoms with Crippen LogP contribution >= 0.6 is 0 Å². The molecule has 3 aromatic rings. The Morgan fingerprint density at radius 3 is 3.03 bits per heavy atom. The minimum absolute atomic E-state index is 0.360. The number of fused-ring (bicyclic) bond motifs is 1. The number of hydrogen-bond acceptors (Lipinski definition) is 6. The molecule has 0 amide bonds. The molecule has 7 nitrogen and oxygen atoms in total. The molecule has 1 saturated heterocycles. The van der Waals surface area contributed by atoms with Gasteiger partial charge in [-0.3, -0.25) is 4.90 Å². The Morgan fingerprint density at radius 1 is 1.34 bits per heavy atom. The first kappa shape index (κ1) is 19.2. The van der Waals surface area contributed by atoms with Crippen LogP contribution in [0, 0.1) is 11.3 Å². The van der Waals surface area contributed by atoms with E-state index < -0.39 is 0 Å². The van der Waals surface area contributed by atoms with Crippen LogP contribution in [-0.4, -0.2) is 59.2 Å². The van der Waals surface area contributed by atoms with E-state index in [1.165, 1.54) is 5.56 Å². The number of aromatic nitrogens is 3. The lowest BCUT2D eigenvalue weighted by Gasteiger charge is -2.40. The van der Waals surface area contributed by atoms with Gasteiger partial charge in [0.15, 0.2) is 11.6 Å². The molecule has 150 valence electrons. The highest BCUT2D eigenvalue weighted by atomic mass is 16.5. The molecule has 3 heterocycles. The van der Waals surface area contributed by atoms with Gasteiger partial charge in [0.2, 0.25) is 0 Å². The molecule has 2 aromatic heterocycles. The van der Waals surface area contributed by atoms with Crippen molar-refractivity contribution in [2.45, 2.75) is 25.8 Å². The van der Waals surface area contributed by atoms with Crippen LogP contribution < -0.4 is 9.64 Å². The molecule has 7 heteroatoms. The molecule has 0 saturated carbocycles. The van der Waals surface area contributed by atoms with Gasteiger partial charge in [-0.1, -0.05) is 0 Å². The van der Waals surface area contributed by atoms with Crippen LogP contribution in [0.15, 0.2) is 36.9 Å². The zero-order valence-electron chi connectivity index (χ0n) is 16.9. The van der Waals surface area contributed by atoms with E-state index in [9.17, 15) is 0 Å². The third kappa shape index (κ3) is 4.03. The number of aryl methyl sites for hydroxylation is 1. The Labute approximate surface area is 170 Å². The fourth-order valence-corrected chi connectivity index (χ4v) is 4.17. The van der Waals surface area contributed by atoms with Gasteiger partial charge in [-0.05, 0) is 50.1 Å². The standard InChI is InChI=1S/C22H26N6O/c1-16-14-27(8-9-28(16)22-21(29-2)13-24-15-26-22)7-3-4-18-12-25-20-6-5-17(11-23)10-19(18)20/h5-6,10,12-13,15-16,25H,3-4,7-9,14H2,1-2H3. The zero-order chi connectivity index (χ0) is 20.2. The van der Waals surface area contributed by atoms with E-state index in [0.29, 0.717) is 11.6 Å². The summed E-state index contributed by atoms with van der Waals surface area (Å²) in [5, 5.41) is 10.3. The van der Waals surface area contributed by atoms with Crippen LogP contribution in [0.5, 0.6) is 5.75 Å². The summed E-state index contributed by atoms with van der Waals surface area (Å²) in [7, 11) is 1.66. The number of rotatable bonds is 6. The van der Waals surface area contributed by atoms with Gasteiger partial charge in [0.1, 0.15) is 6.33 Å². The van der Waals surface area contributed by atoms with E-state index in [4.69, 9.17) is 10.00 Å². The van der Waals surface area contributed by atoms with Gasteiger partial charge in [-0.15, -0.1) is 0 Å². The molecule has 0 radical (unpaired) electrons. The number of nitrogens with zero attached hydrogens (tertiary/aromatic N) is 5. The number of aromatic amines is 1. The Bertz CT molecular complexity index is 1020. The highest BCUT2D eigenvalue weighted by molar-refractivity contribution is 5.84. The Hall–Kier alpha value is -3.11. The average Bonchev–Trinajstić information content (AvgIpc) is 3.16. The fraction of sp³-hybridized carbons (Fsp3) is 0.409. The second kappa shape index (κ2) is 8.50. The quantitative estimate of drug-likeness (QED) is 0.697. The molecule has 0 spiro atoms. The van der Waals surface area contributed by atoms with Crippen molar-refractivity contribution in [2.24, 2.45) is 0 Å². The first-order chi connectivity index (χ1) is 14.2. The summed E-state index contributed by atoms with van der Waals surface area (Å²) < 4.78 is 5.43. The molecule has 1 aliphatic heterocycles. The molecule has 1 atom stereocenters. The fourth-order valence-electron chi connectivity index (χ4n) is 4.17. The number of anilines is 1. The summed E-state index contributed by atoms with van der Waals surface area (Å²) in [6, 6.07) is 8.42. The predicted octanol–water partition coefficient (Wildman–Crippen LogP) is 2.98. The molecule has 1 unspecified atom stereocenters. The number of nitrogens with one attached hydrogen (secondary N) is 1. The van der Waals surface area contributed by atoms with Crippen molar-refractivity contribution in [3.63, 3.8) is 0 Å². The number of hydrogen-bond donors (Lipinski definition) is 1. The van der Waals surface area contributed by atoms with Crippen LogP contribution in [0.25, 0.3) is 10.9 Å². The van der Waals surface area contributed by atoms with Gasteiger partial charge in [0, 0.05) is 42.8 Å². The van der Waals surface area contributed by atoms with Crippen LogP contribution in [-0.2, 0) is 6.42 Å². The maximum Gasteiger partial charge on any atom is 0.179 e. The molecule has 0 bridgehead atoms. The van der Waals surface area contributed by atoms with E-state index >= 15 is 0 Å². The zero-order valence-corrected chi connectivity index (χ0v) is 16.9. The van der Waals surface area contributed by atoms with Gasteiger partial charge < -0.3 is 14.6 Å². The molecule has 1 fully saturated rings. The summed E-state index contributed by atoms with van der Waals surface area (Å²) >= 11 is 0. The Morgan fingerprint density at radius 2 is 2.24 bits per heavy atom. The van der Waals surface area contributed by atoms with E-state index in [1.54, 1.807) is 19.6 Å². The predicted molar refractivity (Wildman–Crippen MR) is 113 cm³/mol. The van der Waals surface area contributed by atoms with E-state index in [2.05, 4.69) is 43.9 Å². The normalized spacial score (nSPS) is 17.4. The number of piperazine rings is 1. The van der Waals surface area contributed by atoms with Crippen molar-refractivity contribution in [3.05, 3.63) is 48.0 Å². The van der Waals surface area contributed by atoms with Crippen LogP contribution in [0.3, 0.4) is 0 Å². The van der Waals surface area contributed by atoms with Crippen molar-refractivity contribution in [1.29, 1.82) is 5.26 Å². The largest absolute Gasteiger partial charge is 0.491 e. The average molecular weight is 390 g/mol. The van der Waals surface area contributed by atoms with Crippen LogP contribution in [0.4, 0.5) is 5.82 Å². The SMILES string of the molecule is COc1cncnc1N1CCN(CCCc2c[nH]c3ccc(C#N)cc23)CC1C. The topological polar surface area (TPSA) is 81.1 Å². The summed E-state index contributed by atoms with van der Waals surface area (Å²) in [5.41, 5.74) is 3.10. The monoisotopic (exact) mass is 390 g/mol. The maximum atomic E-state index is 9.15. The smallest absolute Gasteiger partial charge is 0.179 e. The summed E-state index contributed by atoms with van der Waals surface area (Å²) in [4.78, 5) is 16.6. The molecule has 29 heavy (non-hydrogen) atoms. The molecule has 1 aromatic carbocycles. The highest BCUT2D eigenvalue weighted by Crippen LogP contribution is 2.27. The number of ether oxygens (including phenoxy) is 1. The summed E-state index contributed by atoms with van der Waals surface area (Å²) in [6.45, 7) is 6.22. The van der Waals surface area contributed by atoms with Crippen molar-refractivity contribution in [2.75, 3.05) is 38.2 Å². The molecule has 1 aliphatic rings. The highest BCUT2D eigenvalue weighted by Gasteiger charge is 2.26. The van der Waals surface area contributed by atoms with Gasteiger partial charge in [0.05, 0.1) is 24.9 Å². The molecule has 1 N–H and O–H groups in total. The Kier molecular flexibility index (Phi) is 5.63. The third-order valence-electron chi connectivity index (χ3n) is 5.68. The van der Waals surface area contributed by atoms with Gasteiger partial charge in [-0.2, -0.15) is 5.26 Å². The van der Waals surface area contributed by atoms with Crippen molar-refractivity contribution in [1.82, 2.24) is 19.9 Å².